The number of carbonyl (C=O) groups is 1. The Bertz CT molecular complexity index is 851. The second kappa shape index (κ2) is 5.84. The summed E-state index contributed by atoms with van der Waals surface area (Å²) in [7, 11) is 0. The quantitative estimate of drug-likeness (QED) is 0.377. The van der Waals surface area contributed by atoms with Crippen LogP contribution in [0.15, 0.2) is 59.2 Å². The van der Waals surface area contributed by atoms with E-state index in [9.17, 15) is 14.9 Å². The topological polar surface area (TPSA) is 81.8 Å². The largest absolute Gasteiger partial charge is 0.402 e. The van der Waals surface area contributed by atoms with Crippen molar-refractivity contribution in [2.24, 2.45) is 4.99 Å². The Labute approximate surface area is 131 Å². The maximum atomic E-state index is 11.9. The fourth-order valence-corrected chi connectivity index (χ4v) is 2.11. The molecular weight excluding hydrogens is 296 g/mol. The van der Waals surface area contributed by atoms with Gasteiger partial charge in [-0.05, 0) is 30.7 Å². The van der Waals surface area contributed by atoms with Crippen molar-refractivity contribution in [1.82, 2.24) is 0 Å². The Hall–Kier alpha value is -3.28. The van der Waals surface area contributed by atoms with Gasteiger partial charge >= 0.3 is 5.97 Å². The lowest BCUT2D eigenvalue weighted by Crippen LogP contribution is -2.05. The first-order chi connectivity index (χ1) is 11.0. The highest BCUT2D eigenvalue weighted by Crippen LogP contribution is 2.21. The van der Waals surface area contributed by atoms with Gasteiger partial charge in [-0.15, -0.1) is 0 Å². The second-order valence-electron chi connectivity index (χ2n) is 5.05. The Morgan fingerprint density at radius 3 is 2.61 bits per heavy atom. The number of nitrogens with zero attached hydrogens (tertiary/aromatic N) is 2. The molecule has 2 aromatic carbocycles. The van der Waals surface area contributed by atoms with Gasteiger partial charge < -0.3 is 4.74 Å². The smallest absolute Gasteiger partial charge is 0.363 e. The number of carbonyl (C=O) groups excluding carboxylic acids is 1. The van der Waals surface area contributed by atoms with Crippen LogP contribution in [0.4, 0.5) is 5.69 Å². The van der Waals surface area contributed by atoms with E-state index in [-0.39, 0.29) is 17.3 Å². The number of nitro benzene ring substituents is 1. The van der Waals surface area contributed by atoms with E-state index in [1.54, 1.807) is 12.1 Å². The van der Waals surface area contributed by atoms with E-state index in [0.29, 0.717) is 11.1 Å². The van der Waals surface area contributed by atoms with Gasteiger partial charge in [0, 0.05) is 17.7 Å². The highest BCUT2D eigenvalue weighted by atomic mass is 16.6. The number of ether oxygens (including phenoxy) is 1. The molecule has 0 bridgehead atoms. The van der Waals surface area contributed by atoms with Crippen molar-refractivity contribution in [3.8, 4) is 0 Å². The Morgan fingerprint density at radius 1 is 1.17 bits per heavy atom. The average molecular weight is 308 g/mol. The van der Waals surface area contributed by atoms with E-state index < -0.39 is 10.9 Å². The number of hydrogen-bond acceptors (Lipinski definition) is 5. The number of esters is 1. The van der Waals surface area contributed by atoms with Crippen molar-refractivity contribution in [3.05, 3.63) is 81.0 Å². The number of aliphatic imine (C=N–C) groups is 1. The summed E-state index contributed by atoms with van der Waals surface area (Å²) in [5, 5.41) is 10.8. The van der Waals surface area contributed by atoms with Gasteiger partial charge in [-0.2, -0.15) is 0 Å². The molecule has 0 aliphatic carbocycles. The molecule has 114 valence electrons. The molecule has 0 saturated carbocycles. The van der Waals surface area contributed by atoms with Crippen LogP contribution in [0.3, 0.4) is 0 Å². The van der Waals surface area contributed by atoms with Gasteiger partial charge in [-0.1, -0.05) is 29.8 Å². The standard InChI is InChI=1S/C17H12N2O4/c1-11-5-7-13(8-6-11)16-18-15(17(20)23-16)10-12-3-2-4-14(9-12)19(21)22/h2-10H,1H3/b15-10-. The molecule has 0 fully saturated rings. The van der Waals surface area contributed by atoms with Crippen LogP contribution in [0.2, 0.25) is 0 Å². The summed E-state index contributed by atoms with van der Waals surface area (Å²) in [5.74, 6) is -0.348. The van der Waals surface area contributed by atoms with Crippen LogP contribution in [0, 0.1) is 17.0 Å². The van der Waals surface area contributed by atoms with Crippen molar-refractivity contribution in [3.63, 3.8) is 0 Å². The van der Waals surface area contributed by atoms with E-state index in [1.165, 1.54) is 18.2 Å². The van der Waals surface area contributed by atoms with Crippen LogP contribution >= 0.6 is 0 Å². The Balaban J connectivity index is 1.93. The first kappa shape index (κ1) is 14.6. The minimum Gasteiger partial charge on any atom is -0.402 e. The highest BCUT2D eigenvalue weighted by Gasteiger charge is 2.24. The van der Waals surface area contributed by atoms with Crippen LogP contribution in [0.25, 0.3) is 6.08 Å². The third-order valence-corrected chi connectivity index (χ3v) is 3.30. The number of hydrogen-bond donors (Lipinski definition) is 0. The van der Waals surface area contributed by atoms with Crippen molar-refractivity contribution in [2.75, 3.05) is 0 Å². The molecule has 2 aromatic rings. The van der Waals surface area contributed by atoms with Gasteiger partial charge in [-0.25, -0.2) is 9.79 Å². The monoisotopic (exact) mass is 308 g/mol. The van der Waals surface area contributed by atoms with E-state index >= 15 is 0 Å². The van der Waals surface area contributed by atoms with Crippen molar-refractivity contribution in [2.45, 2.75) is 6.92 Å². The second-order valence-corrected chi connectivity index (χ2v) is 5.05. The van der Waals surface area contributed by atoms with Crippen molar-refractivity contribution >= 4 is 23.6 Å². The molecule has 0 aromatic heterocycles. The zero-order valence-electron chi connectivity index (χ0n) is 12.2. The molecule has 0 radical (unpaired) electrons. The van der Waals surface area contributed by atoms with Crippen LogP contribution in [0.5, 0.6) is 0 Å². The maximum absolute atomic E-state index is 11.9. The molecule has 0 N–H and O–H groups in total. The Morgan fingerprint density at radius 2 is 1.91 bits per heavy atom. The first-order valence-electron chi connectivity index (χ1n) is 6.87. The van der Waals surface area contributed by atoms with Crippen molar-refractivity contribution in [1.29, 1.82) is 0 Å². The molecule has 1 aliphatic heterocycles. The molecule has 0 unspecified atom stereocenters. The number of benzene rings is 2. The van der Waals surface area contributed by atoms with E-state index in [4.69, 9.17) is 4.74 Å². The van der Waals surface area contributed by atoms with Gasteiger partial charge in [-0.3, -0.25) is 10.1 Å². The van der Waals surface area contributed by atoms with Gasteiger partial charge in [0.05, 0.1) is 4.92 Å². The van der Waals surface area contributed by atoms with Crippen LogP contribution in [-0.4, -0.2) is 16.8 Å². The molecule has 6 heteroatoms. The summed E-state index contributed by atoms with van der Waals surface area (Å²) in [6.45, 7) is 1.96. The maximum Gasteiger partial charge on any atom is 0.363 e. The average Bonchev–Trinajstić information content (AvgIpc) is 2.89. The molecular formula is C17H12N2O4. The molecule has 1 heterocycles. The number of aryl methyl sites for hydroxylation is 1. The lowest BCUT2D eigenvalue weighted by Gasteiger charge is -1.99. The zero-order chi connectivity index (χ0) is 16.4. The molecule has 1 aliphatic rings. The summed E-state index contributed by atoms with van der Waals surface area (Å²) in [6, 6.07) is 13.4. The number of nitro groups is 1. The zero-order valence-corrected chi connectivity index (χ0v) is 12.2. The lowest BCUT2D eigenvalue weighted by molar-refractivity contribution is -0.384. The number of non-ortho nitro benzene ring substituents is 1. The Kier molecular flexibility index (Phi) is 3.72. The molecule has 0 spiro atoms. The van der Waals surface area contributed by atoms with Gasteiger partial charge in [0.15, 0.2) is 5.70 Å². The van der Waals surface area contributed by atoms with Crippen LogP contribution < -0.4 is 0 Å². The highest BCUT2D eigenvalue weighted by molar-refractivity contribution is 6.12. The SMILES string of the molecule is Cc1ccc(C2=N/C(=C\c3cccc([N+](=O)[O-])c3)C(=O)O2)cc1. The van der Waals surface area contributed by atoms with E-state index in [0.717, 1.165) is 5.56 Å². The van der Waals surface area contributed by atoms with Gasteiger partial charge in [0.2, 0.25) is 5.90 Å². The van der Waals surface area contributed by atoms with Crippen LogP contribution in [0.1, 0.15) is 16.7 Å². The van der Waals surface area contributed by atoms with E-state index in [1.807, 2.05) is 31.2 Å². The molecule has 3 rings (SSSR count). The van der Waals surface area contributed by atoms with Crippen molar-refractivity contribution < 1.29 is 14.5 Å². The third-order valence-electron chi connectivity index (χ3n) is 3.30. The summed E-state index contributed by atoms with van der Waals surface area (Å²) in [5.41, 5.74) is 2.37. The summed E-state index contributed by atoms with van der Waals surface area (Å²) in [4.78, 5) is 26.4. The van der Waals surface area contributed by atoms with Crippen LogP contribution in [-0.2, 0) is 9.53 Å². The predicted octanol–water partition coefficient (Wildman–Crippen LogP) is 3.25. The fourth-order valence-electron chi connectivity index (χ4n) is 2.11. The summed E-state index contributed by atoms with van der Waals surface area (Å²) < 4.78 is 5.16. The van der Waals surface area contributed by atoms with Gasteiger partial charge in [0.1, 0.15) is 0 Å². The number of rotatable bonds is 3. The van der Waals surface area contributed by atoms with E-state index in [2.05, 4.69) is 4.99 Å². The third kappa shape index (κ3) is 3.16. The molecule has 23 heavy (non-hydrogen) atoms. The van der Waals surface area contributed by atoms with Gasteiger partial charge in [0.25, 0.3) is 5.69 Å². The molecule has 0 saturated heterocycles. The number of cyclic esters (lactones) is 1. The lowest BCUT2D eigenvalue weighted by atomic mass is 10.1. The first-order valence-corrected chi connectivity index (χ1v) is 6.87. The fraction of sp³-hybridized carbons (Fsp3) is 0.0588. The predicted molar refractivity (Wildman–Crippen MR) is 84.9 cm³/mol. The minimum atomic E-state index is -0.577. The summed E-state index contributed by atoms with van der Waals surface area (Å²) >= 11 is 0. The normalized spacial score (nSPS) is 15.4. The minimum absolute atomic E-state index is 0.0477. The molecule has 0 atom stereocenters. The summed E-state index contributed by atoms with van der Waals surface area (Å²) in [6.07, 6.45) is 1.47. The molecule has 0 amide bonds. The molecule has 6 nitrogen and oxygen atoms in total.